The second-order valence-corrected chi connectivity index (χ2v) is 15.0. The van der Waals surface area contributed by atoms with Gasteiger partial charge in [0.2, 0.25) is 0 Å². The van der Waals surface area contributed by atoms with E-state index in [4.69, 9.17) is 0 Å². The molecule has 49 heavy (non-hydrogen) atoms. The van der Waals surface area contributed by atoms with Crippen LogP contribution in [0.4, 0.5) is 0 Å². The molecule has 0 radical (unpaired) electrons. The monoisotopic (exact) mass is 640 g/mol. The Morgan fingerprint density at radius 3 is 1.67 bits per heavy atom. The molecule has 0 saturated heterocycles. The van der Waals surface area contributed by atoms with Crippen molar-refractivity contribution in [1.29, 1.82) is 0 Å². The van der Waals surface area contributed by atoms with E-state index in [0.717, 1.165) is 0 Å². The molecule has 1 fully saturated rings. The van der Waals surface area contributed by atoms with Gasteiger partial charge in [0.05, 0.1) is 0 Å². The summed E-state index contributed by atoms with van der Waals surface area (Å²) in [5.74, 6) is 0.670. The zero-order chi connectivity index (χ0) is 33.2. The lowest BCUT2D eigenvalue weighted by molar-refractivity contribution is 0.444. The highest BCUT2D eigenvalue weighted by Gasteiger charge is 2.22. The zero-order valence-electron chi connectivity index (χ0n) is 29.8. The van der Waals surface area contributed by atoms with Crippen LogP contribution in [-0.2, 0) is 12.8 Å². The summed E-state index contributed by atoms with van der Waals surface area (Å²) in [4.78, 5) is 0. The van der Waals surface area contributed by atoms with E-state index in [0.29, 0.717) is 5.92 Å². The molecule has 0 aromatic heterocycles. The first-order valence-corrected chi connectivity index (χ1v) is 19.6. The molecular weight excluding hydrogens is 589 g/mol. The quantitative estimate of drug-likeness (QED) is 0.0708. The van der Waals surface area contributed by atoms with Crippen molar-refractivity contribution in [3.8, 4) is 22.3 Å². The molecule has 7 aromatic rings. The molecule has 0 bridgehead atoms. The molecule has 248 valence electrons. The van der Waals surface area contributed by atoms with Gasteiger partial charge < -0.3 is 0 Å². The summed E-state index contributed by atoms with van der Waals surface area (Å²) >= 11 is 0. The van der Waals surface area contributed by atoms with E-state index in [9.17, 15) is 0 Å². The highest BCUT2D eigenvalue weighted by Crippen LogP contribution is 2.47. The fourth-order valence-corrected chi connectivity index (χ4v) is 9.15. The van der Waals surface area contributed by atoms with Gasteiger partial charge in [-0.1, -0.05) is 168 Å². The minimum Gasteiger partial charge on any atom is -0.0654 e. The molecule has 1 aliphatic carbocycles. The first kappa shape index (κ1) is 32.1. The molecule has 8 rings (SSSR count). The molecule has 0 N–H and O–H groups in total. The van der Waals surface area contributed by atoms with Crippen LogP contribution in [0.2, 0.25) is 0 Å². The maximum Gasteiger partial charge on any atom is -0.00201 e. The Morgan fingerprint density at radius 2 is 0.980 bits per heavy atom. The predicted molar refractivity (Wildman–Crippen MR) is 215 cm³/mol. The summed E-state index contributed by atoms with van der Waals surface area (Å²) in [7, 11) is 0. The number of hydrogen-bond acceptors (Lipinski definition) is 0. The predicted octanol–water partition coefficient (Wildman–Crippen LogP) is 15.0. The third-order valence-corrected chi connectivity index (χ3v) is 11.8. The van der Waals surface area contributed by atoms with E-state index in [1.165, 1.54) is 166 Å². The summed E-state index contributed by atoms with van der Waals surface area (Å²) in [5.41, 5.74) is 10.1. The maximum atomic E-state index is 2.61. The van der Waals surface area contributed by atoms with Crippen molar-refractivity contribution in [3.05, 3.63) is 120 Å². The van der Waals surface area contributed by atoms with Crippen molar-refractivity contribution in [3.63, 3.8) is 0 Å². The molecule has 0 heterocycles. The molecule has 0 unspecified atom stereocenters. The van der Waals surface area contributed by atoms with Gasteiger partial charge in [0.1, 0.15) is 0 Å². The number of aryl methyl sites for hydroxylation is 2. The van der Waals surface area contributed by atoms with Gasteiger partial charge in [0.15, 0.2) is 0 Å². The van der Waals surface area contributed by atoms with E-state index >= 15 is 0 Å². The van der Waals surface area contributed by atoms with E-state index in [2.05, 4.69) is 117 Å². The van der Waals surface area contributed by atoms with Crippen LogP contribution in [-0.4, -0.2) is 0 Å². The molecule has 0 heteroatoms. The van der Waals surface area contributed by atoms with Gasteiger partial charge in [0, 0.05) is 0 Å². The van der Waals surface area contributed by atoms with Crippen molar-refractivity contribution < 1.29 is 0 Å². The normalized spacial score (nSPS) is 14.2. The van der Waals surface area contributed by atoms with Gasteiger partial charge in [0.25, 0.3) is 0 Å². The first-order valence-electron chi connectivity index (χ1n) is 19.6. The Kier molecular flexibility index (Phi) is 9.40. The number of unbranched alkanes of at least 4 members (excludes halogenated alkanes) is 5. The average Bonchev–Trinajstić information content (AvgIpc) is 3.16. The van der Waals surface area contributed by atoms with Crippen LogP contribution in [0.5, 0.6) is 0 Å². The van der Waals surface area contributed by atoms with Crippen molar-refractivity contribution in [2.24, 2.45) is 0 Å². The lowest BCUT2D eigenvalue weighted by Crippen LogP contribution is -2.07. The lowest BCUT2D eigenvalue weighted by Gasteiger charge is -2.26. The standard InChI is InChI=1S/C49H52/c1-3-5-7-10-16-35-25-28-40(47(33-35)36-17-11-8-12-18-36)39-30-32-46-45-31-29-38(37-26-23-34(24-27-37)15-9-6-4-2)41-19-13-21-43(48(41)45)44-22-14-20-42(39)49(44)46/h13-14,19-33,36H,3-12,15-18H2,1-2H3. The van der Waals surface area contributed by atoms with Gasteiger partial charge in [-0.15, -0.1) is 0 Å². The average molecular weight is 641 g/mol. The van der Waals surface area contributed by atoms with Crippen molar-refractivity contribution in [2.45, 2.75) is 110 Å². The fraction of sp³-hybridized carbons (Fsp3) is 0.347. The largest absolute Gasteiger partial charge is 0.0654 e. The Bertz CT molecular complexity index is 2170. The zero-order valence-corrected chi connectivity index (χ0v) is 29.8. The van der Waals surface area contributed by atoms with Gasteiger partial charge in [-0.25, -0.2) is 0 Å². The Labute approximate surface area is 293 Å². The second kappa shape index (κ2) is 14.4. The van der Waals surface area contributed by atoms with Crippen LogP contribution in [0, 0.1) is 0 Å². The van der Waals surface area contributed by atoms with Gasteiger partial charge in [-0.2, -0.15) is 0 Å². The Morgan fingerprint density at radius 1 is 0.449 bits per heavy atom. The first-order chi connectivity index (χ1) is 24.2. The van der Waals surface area contributed by atoms with Crippen LogP contribution >= 0.6 is 0 Å². The Balaban J connectivity index is 1.26. The number of benzene rings is 7. The molecule has 0 aliphatic heterocycles. The maximum absolute atomic E-state index is 2.61. The summed E-state index contributed by atoms with van der Waals surface area (Å²) in [6.07, 6.45) is 18.3. The van der Waals surface area contributed by atoms with Crippen LogP contribution in [0.3, 0.4) is 0 Å². The third-order valence-electron chi connectivity index (χ3n) is 11.8. The van der Waals surface area contributed by atoms with Crippen LogP contribution in [0.15, 0.2) is 103 Å². The number of hydrogen-bond donors (Lipinski definition) is 0. The smallest absolute Gasteiger partial charge is 0.00201 e. The molecular formula is C49H52. The molecule has 1 aliphatic rings. The minimum absolute atomic E-state index is 0.670. The van der Waals surface area contributed by atoms with E-state index in [1.54, 1.807) is 5.56 Å². The lowest BCUT2D eigenvalue weighted by atomic mass is 9.78. The van der Waals surface area contributed by atoms with E-state index in [-0.39, 0.29) is 0 Å². The molecule has 0 spiro atoms. The van der Waals surface area contributed by atoms with E-state index in [1.807, 2.05) is 0 Å². The molecule has 7 aromatic carbocycles. The Hall–Kier alpha value is -4.16. The molecule has 0 nitrogen and oxygen atoms in total. The van der Waals surface area contributed by atoms with Crippen LogP contribution in [0.1, 0.15) is 114 Å². The van der Waals surface area contributed by atoms with Crippen molar-refractivity contribution in [2.75, 3.05) is 0 Å². The summed E-state index contributed by atoms with van der Waals surface area (Å²) in [5, 5.41) is 11.1. The topological polar surface area (TPSA) is 0 Å². The van der Waals surface area contributed by atoms with Gasteiger partial charge in [-0.05, 0) is 126 Å². The van der Waals surface area contributed by atoms with Crippen LogP contribution < -0.4 is 0 Å². The van der Waals surface area contributed by atoms with E-state index < -0.39 is 0 Å². The van der Waals surface area contributed by atoms with Crippen molar-refractivity contribution in [1.82, 2.24) is 0 Å². The summed E-state index contributed by atoms with van der Waals surface area (Å²) in [6.45, 7) is 4.59. The third kappa shape index (κ3) is 6.14. The number of rotatable bonds is 12. The number of fused-ring (bicyclic) bond motifs is 2. The SMILES string of the molecule is CCCCCCc1ccc(-c2ccc3c4ccc(-c5ccc(CCCCC)cc5)c5cccc(c6cccc2c63)c54)c(C2CCCCC2)c1. The fourth-order valence-electron chi connectivity index (χ4n) is 9.15. The second-order valence-electron chi connectivity index (χ2n) is 15.0. The molecule has 0 atom stereocenters. The van der Waals surface area contributed by atoms with Gasteiger partial charge >= 0.3 is 0 Å². The summed E-state index contributed by atoms with van der Waals surface area (Å²) in [6, 6.07) is 40.6. The molecule has 0 amide bonds. The highest BCUT2D eigenvalue weighted by molar-refractivity contribution is 6.35. The van der Waals surface area contributed by atoms with Crippen LogP contribution in [0.25, 0.3) is 65.3 Å². The van der Waals surface area contributed by atoms with Gasteiger partial charge in [-0.3, -0.25) is 0 Å². The minimum atomic E-state index is 0.670. The van der Waals surface area contributed by atoms with Crippen molar-refractivity contribution >= 4 is 43.1 Å². The highest BCUT2D eigenvalue weighted by atomic mass is 14.3. The summed E-state index contributed by atoms with van der Waals surface area (Å²) < 4.78 is 0. The molecule has 1 saturated carbocycles.